The van der Waals surface area contributed by atoms with E-state index in [1.807, 2.05) is 17.5 Å². The standard InChI is InChI=1S/C18H14FN3O2S/c19-14-8-11(9-20)3-4-12(14)10-22-16(23)18(21-17(22)24)6-1-2-15-13(18)5-7-25-15/h3-5,7-8H,1-2,6,10H2,(H,21,24)/t18-/m1/s1. The molecular formula is C18H14FN3O2S. The van der Waals surface area contributed by atoms with E-state index < -0.39 is 17.4 Å². The van der Waals surface area contributed by atoms with Gasteiger partial charge in [-0.25, -0.2) is 9.18 Å². The number of carbonyl (C=O) groups excluding carboxylic acids is 2. The summed E-state index contributed by atoms with van der Waals surface area (Å²) >= 11 is 1.59. The van der Waals surface area contributed by atoms with E-state index in [0.717, 1.165) is 34.2 Å². The first-order valence-corrected chi connectivity index (χ1v) is 8.82. The number of carbonyl (C=O) groups is 2. The molecule has 1 fully saturated rings. The van der Waals surface area contributed by atoms with Crippen LogP contribution in [-0.2, 0) is 23.3 Å². The Hall–Kier alpha value is -2.72. The van der Waals surface area contributed by atoms with E-state index in [9.17, 15) is 14.0 Å². The van der Waals surface area contributed by atoms with E-state index in [4.69, 9.17) is 5.26 Å². The van der Waals surface area contributed by atoms with Crippen molar-refractivity contribution in [3.63, 3.8) is 0 Å². The van der Waals surface area contributed by atoms with Crippen LogP contribution in [0.5, 0.6) is 0 Å². The number of nitriles is 1. The van der Waals surface area contributed by atoms with E-state index in [2.05, 4.69) is 5.32 Å². The molecule has 1 aromatic carbocycles. The minimum atomic E-state index is -1.02. The first-order valence-electron chi connectivity index (χ1n) is 7.94. The second-order valence-electron chi connectivity index (χ2n) is 6.26. The fraction of sp³-hybridized carbons (Fsp3) is 0.278. The molecule has 25 heavy (non-hydrogen) atoms. The van der Waals surface area contributed by atoms with Gasteiger partial charge in [0.05, 0.1) is 18.2 Å². The Kier molecular flexibility index (Phi) is 3.58. The van der Waals surface area contributed by atoms with Gasteiger partial charge >= 0.3 is 6.03 Å². The van der Waals surface area contributed by atoms with Crippen LogP contribution in [0.3, 0.4) is 0 Å². The van der Waals surface area contributed by atoms with Crippen LogP contribution in [0.2, 0.25) is 0 Å². The maximum atomic E-state index is 14.1. The number of urea groups is 1. The van der Waals surface area contributed by atoms with Crippen molar-refractivity contribution >= 4 is 23.3 Å². The van der Waals surface area contributed by atoms with Crippen molar-refractivity contribution < 1.29 is 14.0 Å². The van der Waals surface area contributed by atoms with Crippen LogP contribution >= 0.6 is 11.3 Å². The summed E-state index contributed by atoms with van der Waals surface area (Å²) in [5.74, 6) is -0.930. The van der Waals surface area contributed by atoms with Crippen molar-refractivity contribution in [1.82, 2.24) is 10.2 Å². The highest BCUT2D eigenvalue weighted by Crippen LogP contribution is 2.42. The lowest BCUT2D eigenvalue weighted by Gasteiger charge is -2.31. The molecule has 4 rings (SSSR count). The minimum absolute atomic E-state index is 0.149. The fourth-order valence-corrected chi connectivity index (χ4v) is 4.60. The molecule has 126 valence electrons. The quantitative estimate of drug-likeness (QED) is 0.842. The smallest absolute Gasteiger partial charge is 0.319 e. The average Bonchev–Trinajstić information content (AvgIpc) is 3.17. The predicted molar refractivity (Wildman–Crippen MR) is 89.1 cm³/mol. The van der Waals surface area contributed by atoms with E-state index >= 15 is 0 Å². The minimum Gasteiger partial charge on any atom is -0.319 e. The second kappa shape index (κ2) is 5.67. The molecule has 2 aliphatic rings. The molecular weight excluding hydrogens is 341 g/mol. The Balaban J connectivity index is 1.67. The molecule has 2 aromatic rings. The van der Waals surface area contributed by atoms with Crippen molar-refractivity contribution in [3.05, 3.63) is 57.0 Å². The number of hydrogen-bond acceptors (Lipinski definition) is 4. The van der Waals surface area contributed by atoms with Crippen molar-refractivity contribution in [3.8, 4) is 6.07 Å². The van der Waals surface area contributed by atoms with Gasteiger partial charge in [-0.15, -0.1) is 11.3 Å². The highest BCUT2D eigenvalue weighted by Gasteiger charge is 2.54. The molecule has 0 bridgehead atoms. The maximum Gasteiger partial charge on any atom is 0.325 e. The van der Waals surface area contributed by atoms with Gasteiger partial charge in [-0.05, 0) is 42.8 Å². The summed E-state index contributed by atoms with van der Waals surface area (Å²) in [6.45, 7) is -0.149. The molecule has 1 aromatic heterocycles. The summed E-state index contributed by atoms with van der Waals surface area (Å²) < 4.78 is 14.1. The van der Waals surface area contributed by atoms with Crippen molar-refractivity contribution in [2.24, 2.45) is 0 Å². The third-order valence-corrected chi connectivity index (χ3v) is 5.83. The van der Waals surface area contributed by atoms with Crippen LogP contribution in [0.1, 0.15) is 34.4 Å². The number of aryl methyl sites for hydroxylation is 1. The highest BCUT2D eigenvalue weighted by atomic mass is 32.1. The van der Waals surface area contributed by atoms with Crippen molar-refractivity contribution in [1.29, 1.82) is 5.26 Å². The lowest BCUT2D eigenvalue weighted by Crippen LogP contribution is -2.46. The average molecular weight is 355 g/mol. The van der Waals surface area contributed by atoms with Gasteiger partial charge in [0, 0.05) is 16.0 Å². The molecule has 1 aliphatic heterocycles. The SMILES string of the molecule is N#Cc1ccc(CN2C(=O)N[C@@]3(CCCc4sccc43)C2=O)c(F)c1. The number of hydrogen-bond donors (Lipinski definition) is 1. The number of fused-ring (bicyclic) bond motifs is 2. The van der Waals surface area contributed by atoms with Crippen LogP contribution in [0.25, 0.3) is 0 Å². The molecule has 1 saturated heterocycles. The number of imide groups is 1. The van der Waals surface area contributed by atoms with Gasteiger partial charge in [-0.1, -0.05) is 6.07 Å². The summed E-state index contributed by atoms with van der Waals surface area (Å²) in [5.41, 5.74) is 0.254. The van der Waals surface area contributed by atoms with Gasteiger partial charge in [-0.2, -0.15) is 5.26 Å². The largest absolute Gasteiger partial charge is 0.325 e. The number of benzene rings is 1. The Morgan fingerprint density at radius 3 is 2.96 bits per heavy atom. The molecule has 0 radical (unpaired) electrons. The zero-order valence-corrected chi connectivity index (χ0v) is 14.0. The van der Waals surface area contributed by atoms with Crippen LogP contribution < -0.4 is 5.32 Å². The van der Waals surface area contributed by atoms with Crippen molar-refractivity contribution in [2.45, 2.75) is 31.3 Å². The van der Waals surface area contributed by atoms with Crippen LogP contribution in [-0.4, -0.2) is 16.8 Å². The van der Waals surface area contributed by atoms with Crippen LogP contribution in [0.4, 0.5) is 9.18 Å². The molecule has 5 nitrogen and oxygen atoms in total. The number of halogens is 1. The first-order chi connectivity index (χ1) is 12.0. The van der Waals surface area contributed by atoms with Crippen molar-refractivity contribution in [2.75, 3.05) is 0 Å². The third kappa shape index (κ3) is 2.33. The Morgan fingerprint density at radius 2 is 2.20 bits per heavy atom. The Bertz CT molecular complexity index is 933. The van der Waals surface area contributed by atoms with Gasteiger partial charge in [0.2, 0.25) is 0 Å². The lowest BCUT2D eigenvalue weighted by atomic mass is 9.80. The monoisotopic (exact) mass is 355 g/mol. The number of rotatable bonds is 2. The van der Waals surface area contributed by atoms with E-state index in [1.165, 1.54) is 12.1 Å². The maximum absolute atomic E-state index is 14.1. The molecule has 0 saturated carbocycles. The third-order valence-electron chi connectivity index (χ3n) is 4.85. The molecule has 3 amide bonds. The molecule has 0 unspecified atom stereocenters. The molecule has 1 atom stereocenters. The summed E-state index contributed by atoms with van der Waals surface area (Å²) in [6.07, 6.45) is 2.27. The first kappa shape index (κ1) is 15.8. The fourth-order valence-electron chi connectivity index (χ4n) is 3.60. The van der Waals surface area contributed by atoms with Gasteiger partial charge in [0.1, 0.15) is 11.4 Å². The van der Waals surface area contributed by atoms with Gasteiger partial charge < -0.3 is 5.32 Å². The van der Waals surface area contributed by atoms with Crippen LogP contribution in [0, 0.1) is 17.1 Å². The normalized spacial score (nSPS) is 22.0. The number of nitrogens with zero attached hydrogens (tertiary/aromatic N) is 2. The zero-order chi connectivity index (χ0) is 17.6. The second-order valence-corrected chi connectivity index (χ2v) is 7.26. The summed E-state index contributed by atoms with van der Waals surface area (Å²) in [7, 11) is 0. The molecule has 7 heteroatoms. The highest BCUT2D eigenvalue weighted by molar-refractivity contribution is 7.10. The van der Waals surface area contributed by atoms with E-state index in [1.54, 1.807) is 11.3 Å². The number of amides is 3. The molecule has 1 N–H and O–H groups in total. The van der Waals surface area contributed by atoms with E-state index in [-0.39, 0.29) is 23.6 Å². The van der Waals surface area contributed by atoms with Gasteiger partial charge in [-0.3, -0.25) is 9.69 Å². The summed E-state index contributed by atoms with van der Waals surface area (Å²) in [5, 5.41) is 13.6. The lowest BCUT2D eigenvalue weighted by molar-refractivity contribution is -0.132. The zero-order valence-electron chi connectivity index (χ0n) is 13.2. The topological polar surface area (TPSA) is 73.2 Å². The Morgan fingerprint density at radius 1 is 1.36 bits per heavy atom. The predicted octanol–water partition coefficient (Wildman–Crippen LogP) is 3.04. The molecule has 1 spiro atoms. The molecule has 2 heterocycles. The summed E-state index contributed by atoms with van der Waals surface area (Å²) in [6, 6.07) is 7.28. The number of nitrogens with one attached hydrogen (secondary N) is 1. The van der Waals surface area contributed by atoms with Gasteiger partial charge in [0.15, 0.2) is 0 Å². The van der Waals surface area contributed by atoms with Gasteiger partial charge in [0.25, 0.3) is 5.91 Å². The number of thiophene rings is 1. The summed E-state index contributed by atoms with van der Waals surface area (Å²) in [4.78, 5) is 27.7. The van der Waals surface area contributed by atoms with Crippen LogP contribution in [0.15, 0.2) is 29.6 Å². The molecule has 1 aliphatic carbocycles. The van der Waals surface area contributed by atoms with E-state index in [0.29, 0.717) is 6.42 Å². The Labute approximate surface area is 147 Å².